The topological polar surface area (TPSA) is 60.2 Å². The molecule has 0 unspecified atom stereocenters. The first-order valence-corrected chi connectivity index (χ1v) is 7.20. The first-order valence-electron chi connectivity index (χ1n) is 6.82. The van der Waals surface area contributed by atoms with Crippen LogP contribution in [0.4, 0.5) is 10.1 Å². The molecule has 0 fully saturated rings. The van der Waals surface area contributed by atoms with E-state index in [0.717, 1.165) is 5.56 Å². The van der Waals surface area contributed by atoms with Gasteiger partial charge in [-0.15, -0.1) is 0 Å². The number of anilines is 1. The van der Waals surface area contributed by atoms with Crippen LogP contribution in [0, 0.1) is 5.82 Å². The van der Waals surface area contributed by atoms with Gasteiger partial charge in [-0.2, -0.15) is 4.98 Å². The first-order chi connectivity index (χ1) is 11.2. The Hall–Kier alpha value is -2.60. The second-order valence-electron chi connectivity index (χ2n) is 4.69. The normalized spacial score (nSPS) is 10.6. The summed E-state index contributed by atoms with van der Waals surface area (Å²) < 4.78 is 24.1. The minimum atomic E-state index is -0.443. The van der Waals surface area contributed by atoms with Gasteiger partial charge in [-0.05, 0) is 30.3 Å². The number of benzene rings is 2. The van der Waals surface area contributed by atoms with Crippen LogP contribution in [0.5, 0.6) is 5.75 Å². The summed E-state index contributed by atoms with van der Waals surface area (Å²) in [5, 5.41) is 7.15. The fourth-order valence-corrected chi connectivity index (χ4v) is 2.23. The van der Waals surface area contributed by atoms with Crippen LogP contribution in [0.15, 0.2) is 47.0 Å². The van der Waals surface area contributed by atoms with Crippen molar-refractivity contribution >= 4 is 17.3 Å². The molecule has 0 radical (unpaired) electrons. The Morgan fingerprint density at radius 3 is 2.87 bits per heavy atom. The summed E-state index contributed by atoms with van der Waals surface area (Å²) in [6.45, 7) is 0.195. The number of para-hydroxylation sites is 1. The summed E-state index contributed by atoms with van der Waals surface area (Å²) in [7, 11) is 1.57. The fourth-order valence-electron chi connectivity index (χ4n) is 2.07. The summed E-state index contributed by atoms with van der Waals surface area (Å²) in [4.78, 5) is 4.28. The Labute approximate surface area is 137 Å². The van der Waals surface area contributed by atoms with E-state index in [2.05, 4.69) is 15.5 Å². The van der Waals surface area contributed by atoms with Gasteiger partial charge in [-0.3, -0.25) is 0 Å². The highest BCUT2D eigenvalue weighted by atomic mass is 35.5. The molecule has 1 heterocycles. The molecule has 0 bridgehead atoms. The van der Waals surface area contributed by atoms with E-state index in [0.29, 0.717) is 28.2 Å². The van der Waals surface area contributed by atoms with Gasteiger partial charge in [0.1, 0.15) is 11.6 Å². The van der Waals surface area contributed by atoms with Gasteiger partial charge in [0, 0.05) is 5.02 Å². The quantitative estimate of drug-likeness (QED) is 0.760. The Morgan fingerprint density at radius 1 is 1.26 bits per heavy atom. The number of aromatic nitrogens is 2. The van der Waals surface area contributed by atoms with E-state index in [1.165, 1.54) is 6.07 Å². The monoisotopic (exact) mass is 333 g/mol. The third-order valence-electron chi connectivity index (χ3n) is 3.18. The number of hydrogen-bond acceptors (Lipinski definition) is 5. The van der Waals surface area contributed by atoms with Gasteiger partial charge < -0.3 is 14.6 Å². The lowest BCUT2D eigenvalue weighted by atomic mass is 10.2. The van der Waals surface area contributed by atoms with Gasteiger partial charge in [0.15, 0.2) is 0 Å². The van der Waals surface area contributed by atoms with Crippen molar-refractivity contribution in [3.8, 4) is 17.1 Å². The lowest BCUT2D eigenvalue weighted by molar-refractivity contribution is 0.383. The molecule has 0 aliphatic carbocycles. The van der Waals surface area contributed by atoms with Crippen molar-refractivity contribution in [3.05, 3.63) is 59.2 Å². The summed E-state index contributed by atoms with van der Waals surface area (Å²) >= 11 is 5.71. The number of methoxy groups -OCH3 is 1. The molecular weight excluding hydrogens is 321 g/mol. The molecule has 0 saturated carbocycles. The standard InChI is InChI=1S/C16H13ClFN3O2/c1-22-14-5-3-2-4-11(14)16-20-15(23-21-16)9-19-13-7-6-10(17)8-12(13)18/h2-8,19H,9H2,1H3. The van der Waals surface area contributed by atoms with Gasteiger partial charge in [-0.1, -0.05) is 28.9 Å². The molecule has 1 N–H and O–H groups in total. The summed E-state index contributed by atoms with van der Waals surface area (Å²) in [5.41, 5.74) is 1.04. The van der Waals surface area contributed by atoms with Crippen molar-refractivity contribution in [2.24, 2.45) is 0 Å². The zero-order valence-corrected chi connectivity index (χ0v) is 13.0. The largest absolute Gasteiger partial charge is 0.496 e. The highest BCUT2D eigenvalue weighted by Gasteiger charge is 2.13. The summed E-state index contributed by atoms with van der Waals surface area (Å²) in [5.74, 6) is 0.953. The van der Waals surface area contributed by atoms with Gasteiger partial charge in [0.2, 0.25) is 11.7 Å². The molecule has 118 valence electrons. The van der Waals surface area contributed by atoms with Crippen LogP contribution in [0.2, 0.25) is 5.02 Å². The Balaban J connectivity index is 1.75. The van der Waals surface area contributed by atoms with Gasteiger partial charge in [-0.25, -0.2) is 4.39 Å². The highest BCUT2D eigenvalue weighted by Crippen LogP contribution is 2.27. The molecule has 0 aliphatic heterocycles. The van der Waals surface area contributed by atoms with Crippen molar-refractivity contribution < 1.29 is 13.7 Å². The van der Waals surface area contributed by atoms with Crippen molar-refractivity contribution in [3.63, 3.8) is 0 Å². The van der Waals surface area contributed by atoms with Crippen LogP contribution in [-0.2, 0) is 6.54 Å². The van der Waals surface area contributed by atoms with Crippen molar-refractivity contribution in [1.29, 1.82) is 0 Å². The smallest absolute Gasteiger partial charge is 0.246 e. The molecule has 0 saturated heterocycles. The van der Waals surface area contributed by atoms with E-state index in [-0.39, 0.29) is 6.54 Å². The number of ether oxygens (including phenoxy) is 1. The van der Waals surface area contributed by atoms with E-state index in [9.17, 15) is 4.39 Å². The number of rotatable bonds is 5. The highest BCUT2D eigenvalue weighted by molar-refractivity contribution is 6.30. The number of hydrogen-bond donors (Lipinski definition) is 1. The summed E-state index contributed by atoms with van der Waals surface area (Å²) in [6.07, 6.45) is 0. The Morgan fingerprint density at radius 2 is 2.09 bits per heavy atom. The van der Waals surface area contributed by atoms with Crippen LogP contribution in [-0.4, -0.2) is 17.3 Å². The van der Waals surface area contributed by atoms with Crippen LogP contribution in [0.1, 0.15) is 5.89 Å². The van der Waals surface area contributed by atoms with Gasteiger partial charge >= 0.3 is 0 Å². The molecule has 2 aromatic carbocycles. The van der Waals surface area contributed by atoms with Crippen LogP contribution in [0.3, 0.4) is 0 Å². The molecule has 5 nitrogen and oxygen atoms in total. The molecular formula is C16H13ClFN3O2. The molecule has 3 aromatic rings. The third kappa shape index (κ3) is 3.43. The van der Waals surface area contributed by atoms with Gasteiger partial charge in [0.05, 0.1) is 24.9 Å². The molecule has 1 aromatic heterocycles. The minimum Gasteiger partial charge on any atom is -0.496 e. The van der Waals surface area contributed by atoms with Crippen molar-refractivity contribution in [1.82, 2.24) is 10.1 Å². The molecule has 0 atom stereocenters. The first kappa shape index (κ1) is 15.3. The van der Waals surface area contributed by atoms with Gasteiger partial charge in [0.25, 0.3) is 0 Å². The molecule has 0 spiro atoms. The second-order valence-corrected chi connectivity index (χ2v) is 5.13. The average molecular weight is 334 g/mol. The third-order valence-corrected chi connectivity index (χ3v) is 3.41. The maximum Gasteiger partial charge on any atom is 0.246 e. The van der Waals surface area contributed by atoms with Crippen LogP contribution < -0.4 is 10.1 Å². The van der Waals surface area contributed by atoms with E-state index in [1.807, 2.05) is 24.3 Å². The average Bonchev–Trinajstić information content (AvgIpc) is 3.03. The zero-order chi connectivity index (χ0) is 16.2. The fraction of sp³-hybridized carbons (Fsp3) is 0.125. The van der Waals surface area contributed by atoms with E-state index in [1.54, 1.807) is 19.2 Å². The lowest BCUT2D eigenvalue weighted by Gasteiger charge is -2.05. The predicted molar refractivity (Wildman–Crippen MR) is 85.0 cm³/mol. The van der Waals surface area contributed by atoms with E-state index in [4.69, 9.17) is 20.9 Å². The maximum atomic E-state index is 13.7. The second kappa shape index (κ2) is 6.66. The predicted octanol–water partition coefficient (Wildman–Crippen LogP) is 4.15. The Bertz CT molecular complexity index is 823. The summed E-state index contributed by atoms with van der Waals surface area (Å²) in [6, 6.07) is 11.7. The van der Waals surface area contributed by atoms with E-state index < -0.39 is 5.82 Å². The lowest BCUT2D eigenvalue weighted by Crippen LogP contribution is -2.01. The van der Waals surface area contributed by atoms with Crippen LogP contribution in [0.25, 0.3) is 11.4 Å². The number of nitrogens with zero attached hydrogens (tertiary/aromatic N) is 2. The number of nitrogens with one attached hydrogen (secondary N) is 1. The molecule has 0 aliphatic rings. The SMILES string of the molecule is COc1ccccc1-c1noc(CNc2ccc(Cl)cc2F)n1. The van der Waals surface area contributed by atoms with Crippen molar-refractivity contribution in [2.75, 3.05) is 12.4 Å². The minimum absolute atomic E-state index is 0.195. The molecule has 0 amide bonds. The molecule has 3 rings (SSSR count). The van der Waals surface area contributed by atoms with Crippen molar-refractivity contribution in [2.45, 2.75) is 6.54 Å². The zero-order valence-electron chi connectivity index (χ0n) is 12.2. The maximum absolute atomic E-state index is 13.7. The number of halogens is 2. The molecule has 7 heteroatoms. The Kier molecular flexibility index (Phi) is 4.43. The van der Waals surface area contributed by atoms with Crippen LogP contribution >= 0.6 is 11.6 Å². The van der Waals surface area contributed by atoms with E-state index >= 15 is 0 Å². The molecule has 23 heavy (non-hydrogen) atoms.